The smallest absolute Gasteiger partial charge is 0.218 e. The van der Waals surface area contributed by atoms with Crippen molar-refractivity contribution in [3.05, 3.63) is 53.9 Å². The van der Waals surface area contributed by atoms with Crippen LogP contribution >= 0.6 is 0 Å². The van der Waals surface area contributed by atoms with Crippen LogP contribution in [0.25, 0.3) is 0 Å². The highest BCUT2D eigenvalue weighted by Crippen LogP contribution is 2.47. The van der Waals surface area contributed by atoms with Gasteiger partial charge in [0.05, 0.1) is 23.4 Å². The van der Waals surface area contributed by atoms with Crippen molar-refractivity contribution in [2.75, 3.05) is 11.9 Å². The zero-order valence-electron chi connectivity index (χ0n) is 9.10. The number of anilines is 1. The normalized spacial score (nSPS) is 24.0. The summed E-state index contributed by atoms with van der Waals surface area (Å²) in [4.78, 5) is 0. The van der Waals surface area contributed by atoms with E-state index in [9.17, 15) is 0 Å². The van der Waals surface area contributed by atoms with Crippen LogP contribution in [0.15, 0.2) is 42.8 Å². The third-order valence-corrected chi connectivity index (χ3v) is 3.59. The van der Waals surface area contributed by atoms with Gasteiger partial charge in [0.15, 0.2) is 0 Å². The second-order valence-corrected chi connectivity index (χ2v) is 4.40. The molecule has 2 N–H and O–H groups in total. The Morgan fingerprint density at radius 1 is 1.24 bits per heavy atom. The fourth-order valence-corrected chi connectivity index (χ4v) is 2.74. The van der Waals surface area contributed by atoms with E-state index < -0.39 is 0 Å². The second-order valence-electron chi connectivity index (χ2n) is 4.40. The summed E-state index contributed by atoms with van der Waals surface area (Å²) in [6.07, 6.45) is 5.69. The van der Waals surface area contributed by atoms with Crippen molar-refractivity contribution in [1.29, 1.82) is 0 Å². The predicted molar refractivity (Wildman–Crippen MR) is 64.1 cm³/mol. The van der Waals surface area contributed by atoms with E-state index in [1.807, 2.05) is 12.3 Å². The Bertz CT molecular complexity index is 617. The van der Waals surface area contributed by atoms with Crippen molar-refractivity contribution < 1.29 is 4.74 Å². The standard InChI is InChI=1S/C13H11N3O/c1-2-4-11-9(3-1)13(8-14-11)5-6-17-12-10(13)7-15-16-12/h1-7,14H,8H2,(H,15,16). The quantitative estimate of drug-likeness (QED) is 0.721. The number of aromatic nitrogens is 2. The van der Waals surface area contributed by atoms with Gasteiger partial charge in [0, 0.05) is 12.2 Å². The maximum absolute atomic E-state index is 5.44. The van der Waals surface area contributed by atoms with Crippen LogP contribution in [0.1, 0.15) is 11.1 Å². The first-order valence-electron chi connectivity index (χ1n) is 5.62. The highest BCUT2D eigenvalue weighted by molar-refractivity contribution is 5.67. The summed E-state index contributed by atoms with van der Waals surface area (Å²) >= 11 is 0. The third-order valence-electron chi connectivity index (χ3n) is 3.59. The summed E-state index contributed by atoms with van der Waals surface area (Å²) < 4.78 is 5.44. The Balaban J connectivity index is 2.01. The fraction of sp³-hybridized carbons (Fsp3) is 0.154. The van der Waals surface area contributed by atoms with Gasteiger partial charge in [0.25, 0.3) is 0 Å². The Morgan fingerprint density at radius 3 is 3.18 bits per heavy atom. The first kappa shape index (κ1) is 8.87. The van der Waals surface area contributed by atoms with Crippen LogP contribution in [-0.2, 0) is 5.41 Å². The summed E-state index contributed by atoms with van der Waals surface area (Å²) in [5, 5.41) is 10.4. The maximum atomic E-state index is 5.44. The van der Waals surface area contributed by atoms with Crippen LogP contribution in [-0.4, -0.2) is 16.7 Å². The Labute approximate surface area is 98.3 Å². The lowest BCUT2D eigenvalue weighted by molar-refractivity contribution is 0.423. The molecule has 1 aromatic carbocycles. The first-order valence-corrected chi connectivity index (χ1v) is 5.62. The van der Waals surface area contributed by atoms with Crippen LogP contribution in [0.4, 0.5) is 5.69 Å². The number of para-hydroxylation sites is 1. The molecule has 2 aromatic rings. The molecule has 0 aliphatic carbocycles. The van der Waals surface area contributed by atoms with E-state index in [0.29, 0.717) is 0 Å². The predicted octanol–water partition coefficient (Wildman–Crippen LogP) is 2.03. The molecule has 1 atom stereocenters. The number of rotatable bonds is 0. The summed E-state index contributed by atoms with van der Waals surface area (Å²) in [6, 6.07) is 8.37. The summed E-state index contributed by atoms with van der Waals surface area (Å²) in [5.74, 6) is 0.742. The maximum Gasteiger partial charge on any atom is 0.218 e. The molecule has 4 rings (SSSR count). The summed E-state index contributed by atoms with van der Waals surface area (Å²) in [6.45, 7) is 0.846. The molecule has 0 saturated heterocycles. The molecule has 1 spiro atoms. The number of fused-ring (bicyclic) bond motifs is 4. The van der Waals surface area contributed by atoms with Crippen molar-refractivity contribution in [1.82, 2.24) is 10.2 Å². The third kappa shape index (κ3) is 0.996. The number of nitrogens with zero attached hydrogens (tertiary/aromatic N) is 1. The second kappa shape index (κ2) is 2.91. The molecule has 17 heavy (non-hydrogen) atoms. The zero-order chi connectivity index (χ0) is 11.3. The van der Waals surface area contributed by atoms with Gasteiger partial charge in [-0.2, -0.15) is 5.10 Å². The number of H-pyrrole nitrogens is 1. The molecule has 3 heterocycles. The van der Waals surface area contributed by atoms with Gasteiger partial charge in [0.2, 0.25) is 5.88 Å². The van der Waals surface area contributed by atoms with E-state index in [4.69, 9.17) is 4.74 Å². The summed E-state index contributed by atoms with van der Waals surface area (Å²) in [5.41, 5.74) is 3.42. The molecule has 0 radical (unpaired) electrons. The van der Waals surface area contributed by atoms with E-state index in [1.54, 1.807) is 6.26 Å². The molecule has 1 aromatic heterocycles. The van der Waals surface area contributed by atoms with E-state index >= 15 is 0 Å². The van der Waals surface area contributed by atoms with Gasteiger partial charge in [-0.15, -0.1) is 0 Å². The van der Waals surface area contributed by atoms with E-state index in [0.717, 1.165) is 18.0 Å². The van der Waals surface area contributed by atoms with Gasteiger partial charge in [-0.3, -0.25) is 0 Å². The number of benzene rings is 1. The van der Waals surface area contributed by atoms with Gasteiger partial charge in [-0.1, -0.05) is 18.2 Å². The van der Waals surface area contributed by atoms with Crippen LogP contribution in [0.5, 0.6) is 5.88 Å². The van der Waals surface area contributed by atoms with Crippen molar-refractivity contribution >= 4 is 5.69 Å². The minimum atomic E-state index is -0.142. The molecule has 0 saturated carbocycles. The van der Waals surface area contributed by atoms with Crippen LogP contribution in [0.3, 0.4) is 0 Å². The van der Waals surface area contributed by atoms with Gasteiger partial charge in [-0.05, 0) is 17.7 Å². The Kier molecular flexibility index (Phi) is 1.52. The van der Waals surface area contributed by atoms with Crippen molar-refractivity contribution in [2.45, 2.75) is 5.41 Å². The van der Waals surface area contributed by atoms with Crippen molar-refractivity contribution in [3.63, 3.8) is 0 Å². The van der Waals surface area contributed by atoms with E-state index in [1.165, 1.54) is 11.3 Å². The van der Waals surface area contributed by atoms with Gasteiger partial charge in [-0.25, -0.2) is 5.10 Å². The zero-order valence-corrected chi connectivity index (χ0v) is 9.10. The fourth-order valence-electron chi connectivity index (χ4n) is 2.74. The monoisotopic (exact) mass is 225 g/mol. The molecular formula is C13H11N3O. The van der Waals surface area contributed by atoms with Crippen LogP contribution < -0.4 is 10.1 Å². The number of nitrogens with one attached hydrogen (secondary N) is 2. The van der Waals surface area contributed by atoms with Crippen molar-refractivity contribution in [3.8, 4) is 5.88 Å². The van der Waals surface area contributed by atoms with Gasteiger partial charge >= 0.3 is 0 Å². The Hall–Kier alpha value is -2.23. The topological polar surface area (TPSA) is 49.9 Å². The first-order chi connectivity index (χ1) is 8.40. The van der Waals surface area contributed by atoms with Crippen molar-refractivity contribution in [2.24, 2.45) is 0 Å². The average Bonchev–Trinajstić information content (AvgIpc) is 2.97. The lowest BCUT2D eigenvalue weighted by Crippen LogP contribution is -2.29. The number of ether oxygens (including phenoxy) is 1. The number of aromatic amines is 1. The minimum absolute atomic E-state index is 0.142. The Morgan fingerprint density at radius 2 is 2.18 bits per heavy atom. The van der Waals surface area contributed by atoms with Crippen LogP contribution in [0.2, 0.25) is 0 Å². The van der Waals surface area contributed by atoms with E-state index in [-0.39, 0.29) is 5.41 Å². The molecule has 4 nitrogen and oxygen atoms in total. The highest BCUT2D eigenvalue weighted by atomic mass is 16.5. The lowest BCUT2D eigenvalue weighted by Gasteiger charge is -2.27. The molecule has 2 aliphatic rings. The highest BCUT2D eigenvalue weighted by Gasteiger charge is 2.43. The number of hydrogen-bond donors (Lipinski definition) is 2. The molecule has 2 aliphatic heterocycles. The number of hydrogen-bond acceptors (Lipinski definition) is 3. The summed E-state index contributed by atoms with van der Waals surface area (Å²) in [7, 11) is 0. The van der Waals surface area contributed by atoms with Crippen LogP contribution in [0, 0.1) is 0 Å². The molecule has 0 fully saturated rings. The molecular weight excluding hydrogens is 214 g/mol. The largest absolute Gasteiger partial charge is 0.447 e. The van der Waals surface area contributed by atoms with E-state index in [2.05, 4.69) is 39.8 Å². The van der Waals surface area contributed by atoms with Gasteiger partial charge < -0.3 is 10.1 Å². The molecule has 0 bridgehead atoms. The SMILES string of the molecule is C1=CC2(CNc3ccccc32)c2cn[nH]c2O1. The minimum Gasteiger partial charge on any atom is -0.447 e. The molecule has 4 heteroatoms. The molecule has 1 unspecified atom stereocenters. The molecule has 84 valence electrons. The van der Waals surface area contributed by atoms with Gasteiger partial charge in [0.1, 0.15) is 0 Å². The molecule has 0 amide bonds. The average molecular weight is 225 g/mol. The lowest BCUT2D eigenvalue weighted by atomic mass is 9.76.